The molecule has 0 atom stereocenters. The molecule has 0 aromatic carbocycles. The number of hydrogen-bond acceptors (Lipinski definition) is 2. The molecule has 3 nitrogen and oxygen atoms in total. The molecule has 8 heavy (non-hydrogen) atoms. The van der Waals surface area contributed by atoms with E-state index in [2.05, 4.69) is 36.7 Å². The van der Waals surface area contributed by atoms with Gasteiger partial charge in [-0.05, 0) is 0 Å². The Morgan fingerprint density at radius 2 is 1.25 bits per heavy atom. The molecule has 0 aromatic heterocycles. The van der Waals surface area contributed by atoms with Crippen molar-refractivity contribution in [1.29, 1.82) is 11.1 Å². The van der Waals surface area contributed by atoms with E-state index in [9.17, 15) is 0 Å². The monoisotopic (exact) mass is 124 g/mol. The molecule has 5 heteroatoms. The maximum absolute atomic E-state index is 5.50. The zero-order valence-corrected chi connectivity index (χ0v) is 6.95. The Labute approximate surface area is 59.4 Å². The summed E-state index contributed by atoms with van der Waals surface area (Å²) in [6, 6.07) is 0. The Bertz CT molecular complexity index is 75.0. The van der Waals surface area contributed by atoms with E-state index in [0.29, 0.717) is 0 Å². The van der Waals surface area contributed by atoms with Gasteiger partial charge in [-0.15, -0.1) is 0 Å². The average Bonchev–Trinajstić information content (AvgIpc) is 1.27. The van der Waals surface area contributed by atoms with Gasteiger partial charge in [0.2, 0.25) is 4.91 Å². The first-order chi connectivity index (χ1) is 3.41. The quantitative estimate of drug-likeness (QED) is 0.276. The third-order valence-electron chi connectivity index (χ3n) is 0. The molecular formula is C3H11LiN3Si+. The summed E-state index contributed by atoms with van der Waals surface area (Å²) in [4.78, 5) is 2.00. The summed E-state index contributed by atoms with van der Waals surface area (Å²) in [5.41, 5.74) is 11.0. The van der Waals surface area contributed by atoms with Crippen LogP contribution in [-0.4, -0.2) is 23.4 Å². The maximum atomic E-state index is 5.50. The molecule has 0 aromatic rings. The molecule has 42 valence electrons. The number of hydrogen-bond donors (Lipinski definition) is 2. The Balaban J connectivity index is 0. The van der Waals surface area contributed by atoms with Gasteiger partial charge in [-0.1, -0.05) is 0 Å². The Hall–Kier alpha value is 0.124. The second-order valence-electron chi connectivity index (χ2n) is 3.11. The van der Waals surface area contributed by atoms with Crippen molar-refractivity contribution in [2.24, 2.45) is 0 Å². The number of rotatable bonds is 0. The van der Waals surface area contributed by atoms with Crippen molar-refractivity contribution in [2.45, 2.75) is 19.6 Å². The van der Waals surface area contributed by atoms with Crippen LogP contribution in [0.4, 0.5) is 0 Å². The second-order valence-corrected chi connectivity index (χ2v) is 9.11. The third kappa shape index (κ3) is 10400. The molecule has 0 aliphatic carbocycles. The van der Waals surface area contributed by atoms with Crippen LogP contribution in [0.5, 0.6) is 0 Å². The van der Waals surface area contributed by atoms with Gasteiger partial charge < -0.3 is 0 Å². The van der Waals surface area contributed by atoms with Gasteiger partial charge in [0, 0.05) is 0 Å². The fraction of sp³-hybridized carbons (Fsp3) is 1.00. The number of nitrogens with one attached hydrogen (secondary N) is 2. The molecule has 0 saturated heterocycles. The molecule has 0 aliphatic heterocycles. The first kappa shape index (κ1) is 11.0. The van der Waals surface area contributed by atoms with Crippen LogP contribution in [0.3, 0.4) is 0 Å². The van der Waals surface area contributed by atoms with E-state index < -0.39 is 6.40 Å². The van der Waals surface area contributed by atoms with Crippen molar-refractivity contribution in [1.82, 2.24) is 4.91 Å². The van der Waals surface area contributed by atoms with Gasteiger partial charge in [-0.3, -0.25) is 0 Å². The van der Waals surface area contributed by atoms with Crippen molar-refractivity contribution < 1.29 is 0 Å². The first-order valence-electron chi connectivity index (χ1n) is 2.45. The fourth-order valence-corrected chi connectivity index (χ4v) is 0. The molecule has 0 saturated carbocycles. The van der Waals surface area contributed by atoms with Gasteiger partial charge >= 0.3 is 43.1 Å². The molecule has 0 spiro atoms. The second kappa shape index (κ2) is 5.26. The van der Waals surface area contributed by atoms with Gasteiger partial charge in [0.05, 0.1) is 0 Å². The molecule has 2 N–H and O–H groups in total. The van der Waals surface area contributed by atoms with E-state index in [1.54, 1.807) is 0 Å². The van der Waals surface area contributed by atoms with Crippen molar-refractivity contribution >= 4 is 23.4 Å². The molecule has 0 unspecified atom stereocenters. The summed E-state index contributed by atoms with van der Waals surface area (Å²) in [7, 11) is 0. The summed E-state index contributed by atoms with van der Waals surface area (Å²) < 4.78 is 0. The summed E-state index contributed by atoms with van der Waals surface area (Å²) in [5.74, 6) is 0. The Kier molecular flexibility index (Phi) is 7.23. The summed E-state index contributed by atoms with van der Waals surface area (Å²) in [6.45, 7) is 6.98. The van der Waals surface area contributed by atoms with Crippen LogP contribution in [0.1, 0.15) is 0 Å². The fourth-order valence-electron chi connectivity index (χ4n) is 0. The summed E-state index contributed by atoms with van der Waals surface area (Å²) in [5, 5.41) is 0. The van der Waals surface area contributed by atoms with Crippen molar-refractivity contribution in [3.63, 3.8) is 0 Å². The molecule has 0 fully saturated rings. The normalized spacial score (nSPS) is 8.62. The molecule has 0 bridgehead atoms. The molecule has 0 aliphatic rings. The van der Waals surface area contributed by atoms with Gasteiger partial charge in [-0.2, -0.15) is 0 Å². The molecule has 0 radical (unpaired) electrons. The third-order valence-corrected chi connectivity index (χ3v) is 0. The minimum atomic E-state index is -0.611. The predicted molar refractivity (Wildman–Crippen MR) is 36.7 cm³/mol. The van der Waals surface area contributed by atoms with Crippen LogP contribution in [0, 0.1) is 11.1 Å². The summed E-state index contributed by atoms with van der Waals surface area (Å²) in [6.07, 6.45) is -0.611. The zero-order valence-electron chi connectivity index (χ0n) is 5.95. The SMILES string of the molecule is N=[N+]=N.[Li][Si](C)(C)C. The van der Waals surface area contributed by atoms with Gasteiger partial charge in [-0.25, -0.2) is 0 Å². The number of nitrogens with zero attached hydrogens (tertiary/aromatic N) is 1. The molecule has 0 amide bonds. The van der Waals surface area contributed by atoms with Crippen molar-refractivity contribution in [3.8, 4) is 0 Å². The standard InChI is InChI=1S/C3H9Si.Li.H2N3/c1-4(2)3;;1-3-2/h1-3H3;;1-2H/q;;+1. The minimum absolute atomic E-state index is 0.611. The van der Waals surface area contributed by atoms with Crippen LogP contribution >= 0.6 is 0 Å². The van der Waals surface area contributed by atoms with E-state index in [4.69, 9.17) is 11.1 Å². The van der Waals surface area contributed by atoms with E-state index in [0.717, 1.165) is 0 Å². The van der Waals surface area contributed by atoms with Crippen molar-refractivity contribution in [3.05, 3.63) is 0 Å². The topological polar surface area (TPSA) is 61.8 Å². The van der Waals surface area contributed by atoms with E-state index in [1.165, 1.54) is 0 Å². The van der Waals surface area contributed by atoms with Gasteiger partial charge in [0.25, 0.3) is 0 Å². The van der Waals surface area contributed by atoms with E-state index in [-0.39, 0.29) is 0 Å². The molecule has 0 heterocycles. The predicted octanol–water partition coefficient (Wildman–Crippen LogP) is 1.11. The van der Waals surface area contributed by atoms with E-state index >= 15 is 0 Å². The Morgan fingerprint density at radius 1 is 1.25 bits per heavy atom. The first-order valence-corrected chi connectivity index (χ1v) is 6.45. The summed E-state index contributed by atoms with van der Waals surface area (Å²) >= 11 is 2.33. The molecular weight excluding hydrogens is 113 g/mol. The van der Waals surface area contributed by atoms with Crippen LogP contribution in [0.25, 0.3) is 0 Å². The van der Waals surface area contributed by atoms with Crippen LogP contribution in [0.2, 0.25) is 19.6 Å². The van der Waals surface area contributed by atoms with Crippen molar-refractivity contribution in [2.75, 3.05) is 0 Å². The average molecular weight is 124 g/mol. The zero-order chi connectivity index (χ0) is 7.21. The van der Waals surface area contributed by atoms with Crippen LogP contribution in [-0.2, 0) is 0 Å². The van der Waals surface area contributed by atoms with E-state index in [1.807, 2.05) is 4.91 Å². The van der Waals surface area contributed by atoms with Gasteiger partial charge in [0.15, 0.2) is 0 Å². The van der Waals surface area contributed by atoms with Crippen LogP contribution < -0.4 is 4.91 Å². The van der Waals surface area contributed by atoms with Gasteiger partial charge in [0.1, 0.15) is 11.1 Å². The van der Waals surface area contributed by atoms with Crippen LogP contribution in [0.15, 0.2) is 0 Å². The molecule has 0 rings (SSSR count). The Morgan fingerprint density at radius 3 is 1.25 bits per heavy atom.